The van der Waals surface area contributed by atoms with Crippen LogP contribution in [0, 0.1) is 5.82 Å². The zero-order valence-corrected chi connectivity index (χ0v) is 17.2. The summed E-state index contributed by atoms with van der Waals surface area (Å²) in [5.74, 6) is 1.01. The number of benzene rings is 2. The third-order valence-corrected chi connectivity index (χ3v) is 4.87. The van der Waals surface area contributed by atoms with Gasteiger partial charge < -0.3 is 30.0 Å². The van der Waals surface area contributed by atoms with E-state index in [0.29, 0.717) is 47.3 Å². The topological polar surface area (TPSA) is 75.0 Å². The molecule has 0 saturated heterocycles. The molecule has 0 radical (unpaired) electrons. The summed E-state index contributed by atoms with van der Waals surface area (Å²) in [6.07, 6.45) is 0.438. The maximum atomic E-state index is 14.6. The van der Waals surface area contributed by atoms with E-state index in [4.69, 9.17) is 36.3 Å². The number of hydrogen-bond acceptors (Lipinski definition) is 6. The second-order valence-electron chi connectivity index (χ2n) is 5.97. The van der Waals surface area contributed by atoms with Gasteiger partial charge in [0.15, 0.2) is 28.8 Å². The molecular weight excluding hydrogens is 387 g/mol. The zero-order valence-electron chi connectivity index (χ0n) is 16.5. The lowest BCUT2D eigenvalue weighted by Crippen LogP contribution is -2.30. The van der Waals surface area contributed by atoms with Crippen LogP contribution in [0.1, 0.15) is 17.2 Å². The summed E-state index contributed by atoms with van der Waals surface area (Å²) in [6.45, 7) is 0.794. The summed E-state index contributed by atoms with van der Waals surface area (Å²) < 4.78 is 35.4. The predicted molar refractivity (Wildman–Crippen MR) is 108 cm³/mol. The SMILES string of the molecule is COc1ccc(CCNC(CN)c2ccc(OC)c(OC)c2Cl)c(F)c1OC. The van der Waals surface area contributed by atoms with Gasteiger partial charge >= 0.3 is 0 Å². The molecule has 0 aliphatic rings. The highest BCUT2D eigenvalue weighted by Crippen LogP contribution is 2.39. The Morgan fingerprint density at radius 1 is 0.964 bits per heavy atom. The molecule has 8 heteroatoms. The molecule has 1 unspecified atom stereocenters. The first kappa shape index (κ1) is 22.1. The van der Waals surface area contributed by atoms with Crippen molar-refractivity contribution >= 4 is 11.6 Å². The van der Waals surface area contributed by atoms with Crippen LogP contribution in [0.3, 0.4) is 0 Å². The minimum atomic E-state index is -0.433. The predicted octanol–water partition coefficient (Wildman–Crippen LogP) is 3.35. The minimum Gasteiger partial charge on any atom is -0.493 e. The standard InChI is InChI=1S/C20H26ClFN2O4/c1-25-15-8-6-13(17(21)19(15)27-3)14(11-23)24-10-9-12-5-7-16(26-2)20(28-4)18(12)22/h5-8,14,24H,9-11,23H2,1-4H3. The Labute approximate surface area is 169 Å². The average Bonchev–Trinajstić information content (AvgIpc) is 2.72. The minimum absolute atomic E-state index is 0.0957. The van der Waals surface area contributed by atoms with Gasteiger partial charge in [0.2, 0.25) is 0 Å². The summed E-state index contributed by atoms with van der Waals surface area (Å²) in [5.41, 5.74) is 7.22. The van der Waals surface area contributed by atoms with Gasteiger partial charge in [-0.25, -0.2) is 4.39 Å². The van der Waals surface area contributed by atoms with Crippen molar-refractivity contribution in [2.45, 2.75) is 12.5 Å². The number of halogens is 2. The van der Waals surface area contributed by atoms with Crippen molar-refractivity contribution in [1.82, 2.24) is 5.32 Å². The first-order chi connectivity index (χ1) is 13.5. The lowest BCUT2D eigenvalue weighted by Gasteiger charge is -2.21. The highest BCUT2D eigenvalue weighted by atomic mass is 35.5. The van der Waals surface area contributed by atoms with Crippen molar-refractivity contribution in [1.29, 1.82) is 0 Å². The molecule has 0 fully saturated rings. The second kappa shape index (κ2) is 10.4. The summed E-state index contributed by atoms with van der Waals surface area (Å²) in [7, 11) is 5.95. The van der Waals surface area contributed by atoms with Crippen molar-refractivity contribution < 1.29 is 23.3 Å². The fourth-order valence-electron chi connectivity index (χ4n) is 3.00. The molecule has 0 saturated carbocycles. The Bertz CT molecular complexity index is 804. The van der Waals surface area contributed by atoms with Crippen LogP contribution in [0.25, 0.3) is 0 Å². The second-order valence-corrected chi connectivity index (χ2v) is 6.35. The monoisotopic (exact) mass is 412 g/mol. The first-order valence-corrected chi connectivity index (χ1v) is 9.13. The van der Waals surface area contributed by atoms with Crippen molar-refractivity contribution in [2.75, 3.05) is 41.5 Å². The molecule has 2 rings (SSSR count). The lowest BCUT2D eigenvalue weighted by atomic mass is 10.0. The number of rotatable bonds is 10. The first-order valence-electron chi connectivity index (χ1n) is 8.75. The Hall–Kier alpha value is -2.22. The molecule has 2 aromatic rings. The van der Waals surface area contributed by atoms with E-state index in [9.17, 15) is 4.39 Å². The Balaban J connectivity index is 2.14. The maximum absolute atomic E-state index is 14.6. The van der Waals surface area contributed by atoms with E-state index in [1.54, 1.807) is 25.3 Å². The van der Waals surface area contributed by atoms with E-state index in [-0.39, 0.29) is 11.8 Å². The number of ether oxygens (including phenoxy) is 4. The quantitative estimate of drug-likeness (QED) is 0.623. The molecule has 2 aromatic carbocycles. The van der Waals surface area contributed by atoms with Gasteiger partial charge in [-0.2, -0.15) is 0 Å². The highest BCUT2D eigenvalue weighted by Gasteiger charge is 2.20. The third-order valence-electron chi connectivity index (χ3n) is 4.48. The third kappa shape index (κ3) is 4.60. The average molecular weight is 413 g/mol. The van der Waals surface area contributed by atoms with Crippen molar-refractivity contribution in [2.24, 2.45) is 5.73 Å². The molecule has 0 aliphatic heterocycles. The van der Waals surface area contributed by atoms with Gasteiger partial charge in [0.1, 0.15) is 0 Å². The van der Waals surface area contributed by atoms with Gasteiger partial charge in [-0.15, -0.1) is 0 Å². The van der Waals surface area contributed by atoms with Gasteiger partial charge in [-0.05, 0) is 36.2 Å². The number of methoxy groups -OCH3 is 4. The van der Waals surface area contributed by atoms with Crippen LogP contribution in [0.4, 0.5) is 4.39 Å². The molecule has 154 valence electrons. The van der Waals surface area contributed by atoms with E-state index < -0.39 is 5.82 Å². The van der Waals surface area contributed by atoms with Gasteiger partial charge in [0, 0.05) is 12.6 Å². The van der Waals surface area contributed by atoms with E-state index in [1.807, 2.05) is 6.07 Å². The summed E-state index contributed by atoms with van der Waals surface area (Å²) in [5, 5.41) is 3.75. The van der Waals surface area contributed by atoms with Gasteiger partial charge in [0.05, 0.1) is 33.5 Å². The van der Waals surface area contributed by atoms with Crippen LogP contribution in [0.2, 0.25) is 5.02 Å². The van der Waals surface area contributed by atoms with Crippen LogP contribution in [-0.4, -0.2) is 41.5 Å². The summed E-state index contributed by atoms with van der Waals surface area (Å²) in [4.78, 5) is 0. The van der Waals surface area contributed by atoms with Crippen molar-refractivity contribution in [3.05, 3.63) is 46.2 Å². The molecule has 0 aliphatic carbocycles. The van der Waals surface area contributed by atoms with E-state index in [1.165, 1.54) is 21.3 Å². The highest BCUT2D eigenvalue weighted by molar-refractivity contribution is 6.33. The molecule has 0 heterocycles. The molecule has 0 bridgehead atoms. The lowest BCUT2D eigenvalue weighted by molar-refractivity contribution is 0.335. The van der Waals surface area contributed by atoms with E-state index in [0.717, 1.165) is 5.56 Å². The molecule has 6 nitrogen and oxygen atoms in total. The van der Waals surface area contributed by atoms with Gasteiger partial charge in [-0.1, -0.05) is 23.7 Å². The zero-order chi connectivity index (χ0) is 20.7. The van der Waals surface area contributed by atoms with Crippen LogP contribution >= 0.6 is 11.6 Å². The van der Waals surface area contributed by atoms with E-state index >= 15 is 0 Å². The molecule has 1 atom stereocenters. The summed E-state index contributed by atoms with van der Waals surface area (Å²) in [6, 6.07) is 6.75. The van der Waals surface area contributed by atoms with Crippen LogP contribution in [-0.2, 0) is 6.42 Å². The largest absolute Gasteiger partial charge is 0.493 e. The number of nitrogens with one attached hydrogen (secondary N) is 1. The molecule has 28 heavy (non-hydrogen) atoms. The van der Waals surface area contributed by atoms with Gasteiger partial charge in [0.25, 0.3) is 0 Å². The molecule has 0 aromatic heterocycles. The normalized spacial score (nSPS) is 11.8. The van der Waals surface area contributed by atoms with Crippen LogP contribution < -0.4 is 30.0 Å². The Morgan fingerprint density at radius 2 is 1.57 bits per heavy atom. The molecule has 0 spiro atoms. The summed E-state index contributed by atoms with van der Waals surface area (Å²) >= 11 is 6.47. The van der Waals surface area contributed by atoms with Crippen LogP contribution in [0.15, 0.2) is 24.3 Å². The van der Waals surface area contributed by atoms with Crippen LogP contribution in [0.5, 0.6) is 23.0 Å². The van der Waals surface area contributed by atoms with Crippen molar-refractivity contribution in [3.8, 4) is 23.0 Å². The molecule has 0 amide bonds. The van der Waals surface area contributed by atoms with E-state index in [2.05, 4.69) is 5.32 Å². The maximum Gasteiger partial charge on any atom is 0.197 e. The Kier molecular flexibility index (Phi) is 8.17. The molecule has 3 N–H and O–H groups in total. The van der Waals surface area contributed by atoms with Crippen molar-refractivity contribution in [3.63, 3.8) is 0 Å². The Morgan fingerprint density at radius 3 is 2.14 bits per heavy atom. The number of nitrogens with two attached hydrogens (primary N) is 1. The fraction of sp³-hybridized carbons (Fsp3) is 0.400. The van der Waals surface area contributed by atoms with Gasteiger partial charge in [-0.3, -0.25) is 0 Å². The number of hydrogen-bond donors (Lipinski definition) is 2. The molecular formula is C20H26ClFN2O4. The smallest absolute Gasteiger partial charge is 0.197 e. The fourth-order valence-corrected chi connectivity index (χ4v) is 3.36.